The Morgan fingerprint density at radius 3 is 2.52 bits per heavy atom. The van der Waals surface area contributed by atoms with Gasteiger partial charge in [0.15, 0.2) is 23.0 Å². The predicted octanol–water partition coefficient (Wildman–Crippen LogP) is 4.30. The molecule has 7 heteroatoms. The normalized spacial score (nSPS) is 11.1. The second-order valence-corrected chi connectivity index (χ2v) is 6.38. The van der Waals surface area contributed by atoms with Gasteiger partial charge in [0.25, 0.3) is 0 Å². The van der Waals surface area contributed by atoms with E-state index in [0.717, 1.165) is 5.56 Å². The lowest BCUT2D eigenvalue weighted by molar-refractivity contribution is 0.355. The number of phenolic OH excluding ortho intramolecular Hbond substituents is 2. The summed E-state index contributed by atoms with van der Waals surface area (Å²) in [5.74, 6) is 0.767. The van der Waals surface area contributed by atoms with E-state index in [1.54, 1.807) is 32.4 Å². The molecular weight excluding hydrogens is 364 g/mol. The Morgan fingerprint density at radius 1 is 1.07 bits per heavy atom. The van der Waals surface area contributed by atoms with Crippen molar-refractivity contribution in [3.8, 4) is 40.3 Å². The van der Waals surface area contributed by atoms with Crippen molar-refractivity contribution in [2.24, 2.45) is 0 Å². The van der Waals surface area contributed by atoms with Crippen molar-refractivity contribution in [2.45, 2.75) is 0 Å². The van der Waals surface area contributed by atoms with Gasteiger partial charge in [-0.25, -0.2) is 4.98 Å². The van der Waals surface area contributed by atoms with Gasteiger partial charge in [-0.2, -0.15) is 5.26 Å². The Kier molecular flexibility index (Phi) is 5.29. The molecule has 0 aliphatic carbocycles. The molecule has 0 aliphatic heterocycles. The second-order valence-electron chi connectivity index (χ2n) is 5.53. The number of allylic oxidation sites excluding steroid dienone is 1. The quantitative estimate of drug-likeness (QED) is 0.506. The summed E-state index contributed by atoms with van der Waals surface area (Å²) >= 11 is 1.34. The van der Waals surface area contributed by atoms with Gasteiger partial charge in [0.2, 0.25) is 0 Å². The lowest BCUT2D eigenvalue weighted by Gasteiger charge is -2.08. The first-order chi connectivity index (χ1) is 13.0. The summed E-state index contributed by atoms with van der Waals surface area (Å²) in [5.41, 5.74) is 2.50. The Morgan fingerprint density at radius 2 is 1.85 bits per heavy atom. The van der Waals surface area contributed by atoms with Crippen LogP contribution in [0.4, 0.5) is 0 Å². The van der Waals surface area contributed by atoms with Crippen molar-refractivity contribution in [3.63, 3.8) is 0 Å². The molecule has 0 aliphatic rings. The van der Waals surface area contributed by atoms with Gasteiger partial charge in [-0.3, -0.25) is 0 Å². The molecule has 2 aromatic carbocycles. The Labute approximate surface area is 160 Å². The van der Waals surface area contributed by atoms with Crippen LogP contribution in [0.1, 0.15) is 10.6 Å². The first-order valence-corrected chi connectivity index (χ1v) is 8.75. The summed E-state index contributed by atoms with van der Waals surface area (Å²) in [7, 11) is 3.14. The third-order valence-electron chi connectivity index (χ3n) is 3.84. The van der Waals surface area contributed by atoms with Crippen molar-refractivity contribution in [3.05, 3.63) is 52.3 Å². The van der Waals surface area contributed by atoms with E-state index in [9.17, 15) is 15.5 Å². The molecule has 0 amide bonds. The zero-order valence-corrected chi connectivity index (χ0v) is 15.4. The van der Waals surface area contributed by atoms with Gasteiger partial charge < -0.3 is 19.7 Å². The van der Waals surface area contributed by atoms with Crippen molar-refractivity contribution in [1.29, 1.82) is 5.26 Å². The maximum absolute atomic E-state index is 9.60. The van der Waals surface area contributed by atoms with Crippen molar-refractivity contribution >= 4 is 23.0 Å². The number of hydrogen-bond donors (Lipinski definition) is 2. The highest BCUT2D eigenvalue weighted by atomic mass is 32.1. The summed E-state index contributed by atoms with van der Waals surface area (Å²) in [6, 6.07) is 12.0. The van der Waals surface area contributed by atoms with Gasteiger partial charge in [0.05, 0.1) is 25.5 Å². The molecule has 6 nitrogen and oxygen atoms in total. The number of ether oxygens (including phenoxy) is 2. The topological polar surface area (TPSA) is 95.6 Å². The number of rotatable bonds is 5. The third kappa shape index (κ3) is 3.86. The van der Waals surface area contributed by atoms with Gasteiger partial charge in [0, 0.05) is 10.9 Å². The first kappa shape index (κ1) is 18.3. The lowest BCUT2D eigenvalue weighted by Crippen LogP contribution is -1.91. The van der Waals surface area contributed by atoms with Crippen molar-refractivity contribution in [1.82, 2.24) is 4.98 Å². The van der Waals surface area contributed by atoms with Gasteiger partial charge in [-0.15, -0.1) is 11.3 Å². The van der Waals surface area contributed by atoms with Crippen LogP contribution in [0, 0.1) is 11.3 Å². The van der Waals surface area contributed by atoms with Gasteiger partial charge >= 0.3 is 0 Å². The van der Waals surface area contributed by atoms with Gasteiger partial charge in [-0.05, 0) is 42.0 Å². The standard InChI is InChI=1S/C20H16N2O4S/c1-25-18-6-4-13(9-19(18)26-2)15-11-27-20(22-15)14(10-21)7-12-3-5-16(23)17(24)8-12/h3-9,11,23-24H,1-2H3. The molecule has 3 aromatic rings. The molecule has 0 unspecified atom stereocenters. The fourth-order valence-electron chi connectivity index (χ4n) is 2.46. The number of nitrogens with zero attached hydrogens (tertiary/aromatic N) is 2. The number of aromatic hydroxyl groups is 2. The van der Waals surface area contributed by atoms with E-state index < -0.39 is 0 Å². The van der Waals surface area contributed by atoms with Crippen molar-refractivity contribution in [2.75, 3.05) is 14.2 Å². The average molecular weight is 380 g/mol. The van der Waals surface area contributed by atoms with Crippen LogP contribution in [0.15, 0.2) is 41.8 Å². The van der Waals surface area contributed by atoms with E-state index in [1.807, 2.05) is 17.5 Å². The van der Waals surface area contributed by atoms with Crippen LogP contribution in [0.5, 0.6) is 23.0 Å². The number of hydrogen-bond acceptors (Lipinski definition) is 7. The van der Waals surface area contributed by atoms with Crippen molar-refractivity contribution < 1.29 is 19.7 Å². The molecule has 3 rings (SSSR count). The number of thiazole rings is 1. The molecule has 0 bridgehead atoms. The zero-order chi connectivity index (χ0) is 19.4. The minimum absolute atomic E-state index is 0.212. The van der Waals surface area contributed by atoms with Crippen LogP contribution >= 0.6 is 11.3 Å². The highest BCUT2D eigenvalue weighted by Crippen LogP contribution is 2.34. The Bertz CT molecular complexity index is 1050. The molecule has 0 fully saturated rings. The van der Waals surface area contributed by atoms with E-state index >= 15 is 0 Å². The molecule has 0 saturated heterocycles. The van der Waals surface area contributed by atoms with Crippen LogP contribution in [0.25, 0.3) is 22.9 Å². The molecular formula is C20H16N2O4S. The summed E-state index contributed by atoms with van der Waals surface area (Å²) in [6.07, 6.45) is 1.61. The number of nitriles is 1. The van der Waals surface area contributed by atoms with E-state index in [4.69, 9.17) is 9.47 Å². The SMILES string of the molecule is COc1ccc(-c2csc(C(C#N)=Cc3ccc(O)c(O)c3)n2)cc1OC. The smallest absolute Gasteiger partial charge is 0.161 e. The highest BCUT2D eigenvalue weighted by molar-refractivity contribution is 7.11. The van der Waals surface area contributed by atoms with Crippen LogP contribution < -0.4 is 9.47 Å². The number of methoxy groups -OCH3 is 2. The fraction of sp³-hybridized carbons (Fsp3) is 0.100. The average Bonchev–Trinajstić information content (AvgIpc) is 3.18. The molecule has 0 radical (unpaired) electrons. The summed E-state index contributed by atoms with van der Waals surface area (Å²) in [4.78, 5) is 4.54. The van der Waals surface area contributed by atoms with E-state index in [2.05, 4.69) is 11.1 Å². The van der Waals surface area contributed by atoms with Crippen LogP contribution in [-0.2, 0) is 0 Å². The van der Waals surface area contributed by atoms with Crippen LogP contribution in [0.2, 0.25) is 0 Å². The number of phenols is 2. The molecule has 1 aromatic heterocycles. The minimum atomic E-state index is -0.244. The summed E-state index contributed by atoms with van der Waals surface area (Å²) in [6.45, 7) is 0. The van der Waals surface area contributed by atoms with E-state index in [1.165, 1.54) is 23.5 Å². The summed E-state index contributed by atoms with van der Waals surface area (Å²) in [5, 5.41) is 30.9. The maximum atomic E-state index is 9.60. The Hall–Kier alpha value is -3.50. The third-order valence-corrected chi connectivity index (χ3v) is 4.72. The first-order valence-electron chi connectivity index (χ1n) is 7.87. The second kappa shape index (κ2) is 7.81. The number of aromatic nitrogens is 1. The minimum Gasteiger partial charge on any atom is -0.504 e. The molecule has 0 spiro atoms. The molecule has 136 valence electrons. The monoisotopic (exact) mass is 380 g/mol. The van der Waals surface area contributed by atoms with Gasteiger partial charge in [0.1, 0.15) is 11.1 Å². The molecule has 0 saturated carbocycles. The van der Waals surface area contributed by atoms with Gasteiger partial charge in [-0.1, -0.05) is 6.07 Å². The molecule has 0 atom stereocenters. The van der Waals surface area contributed by atoms with Crippen LogP contribution in [-0.4, -0.2) is 29.4 Å². The van der Waals surface area contributed by atoms with E-state index in [-0.39, 0.29) is 11.5 Å². The summed E-state index contributed by atoms with van der Waals surface area (Å²) < 4.78 is 10.6. The maximum Gasteiger partial charge on any atom is 0.161 e. The Balaban J connectivity index is 1.95. The van der Waals surface area contributed by atoms with Crippen LogP contribution in [0.3, 0.4) is 0 Å². The predicted molar refractivity (Wildman–Crippen MR) is 104 cm³/mol. The molecule has 2 N–H and O–H groups in total. The molecule has 1 heterocycles. The largest absolute Gasteiger partial charge is 0.504 e. The van der Waals surface area contributed by atoms with E-state index in [0.29, 0.717) is 33.3 Å². The lowest BCUT2D eigenvalue weighted by atomic mass is 10.1. The highest BCUT2D eigenvalue weighted by Gasteiger charge is 2.12. The molecule has 27 heavy (non-hydrogen) atoms. The fourth-order valence-corrected chi connectivity index (χ4v) is 3.26. The number of benzene rings is 2. The zero-order valence-electron chi connectivity index (χ0n) is 14.6.